The second-order valence-corrected chi connectivity index (χ2v) is 8.73. The number of amides is 1. The lowest BCUT2D eigenvalue weighted by atomic mass is 10.0. The summed E-state index contributed by atoms with van der Waals surface area (Å²) in [7, 11) is -3.48. The third kappa shape index (κ3) is 5.50. The van der Waals surface area contributed by atoms with E-state index in [2.05, 4.69) is 5.32 Å². The molecule has 1 heterocycles. The van der Waals surface area contributed by atoms with Gasteiger partial charge in [-0.1, -0.05) is 12.1 Å². The minimum atomic E-state index is -3.48. The molecule has 2 rings (SSSR count). The molecule has 0 atom stereocenters. The summed E-state index contributed by atoms with van der Waals surface area (Å²) in [4.78, 5) is 12.2. The van der Waals surface area contributed by atoms with Crippen molar-refractivity contribution in [1.29, 1.82) is 0 Å². The average molecular weight is 369 g/mol. The van der Waals surface area contributed by atoms with Crippen molar-refractivity contribution in [3.8, 4) is 0 Å². The van der Waals surface area contributed by atoms with Gasteiger partial charge in [0.15, 0.2) is 0 Å². The zero-order valence-electron chi connectivity index (χ0n) is 14.8. The molecule has 1 fully saturated rings. The Morgan fingerprint density at radius 1 is 1.24 bits per heavy atom. The highest BCUT2D eigenvalue weighted by molar-refractivity contribution is 7.89. The molecule has 0 bridgehead atoms. The molecular weight excluding hydrogens is 342 g/mol. The van der Waals surface area contributed by atoms with Gasteiger partial charge in [0.25, 0.3) is 0 Å². The van der Waals surface area contributed by atoms with E-state index in [9.17, 15) is 13.2 Å². The van der Waals surface area contributed by atoms with Crippen LogP contribution in [0.4, 0.5) is 0 Å². The molecule has 1 saturated heterocycles. The van der Waals surface area contributed by atoms with E-state index in [0.29, 0.717) is 45.7 Å². The van der Waals surface area contributed by atoms with Gasteiger partial charge in [0.1, 0.15) is 0 Å². The van der Waals surface area contributed by atoms with Gasteiger partial charge < -0.3 is 15.8 Å². The highest BCUT2D eigenvalue weighted by Gasteiger charge is 2.26. The molecule has 0 unspecified atom stereocenters. The first-order valence-corrected chi connectivity index (χ1v) is 9.86. The number of carbonyl (C=O) groups excluding carboxylic acids is 1. The molecule has 0 radical (unpaired) electrons. The summed E-state index contributed by atoms with van der Waals surface area (Å²) in [6.45, 7) is 5.71. The number of nitrogens with zero attached hydrogens (tertiary/aromatic N) is 1. The largest absolute Gasteiger partial charge is 0.379 e. The third-order valence-corrected chi connectivity index (χ3v) is 6.07. The van der Waals surface area contributed by atoms with Crippen LogP contribution in [0.5, 0.6) is 0 Å². The fraction of sp³-hybridized carbons (Fsp3) is 0.588. The Labute approximate surface area is 149 Å². The number of carbonyl (C=O) groups is 1. The summed E-state index contributed by atoms with van der Waals surface area (Å²) in [6.07, 6.45) is 0.878. The summed E-state index contributed by atoms with van der Waals surface area (Å²) in [5.41, 5.74) is 6.09. The predicted octanol–water partition coefficient (Wildman–Crippen LogP) is 0.494. The van der Waals surface area contributed by atoms with Crippen molar-refractivity contribution >= 4 is 15.9 Å². The number of nitrogens with one attached hydrogen (secondary N) is 1. The first-order valence-electron chi connectivity index (χ1n) is 8.42. The molecule has 0 aliphatic carbocycles. The van der Waals surface area contributed by atoms with Crippen LogP contribution in [0.1, 0.15) is 25.8 Å². The molecule has 0 saturated carbocycles. The van der Waals surface area contributed by atoms with Crippen LogP contribution in [0.2, 0.25) is 0 Å². The van der Waals surface area contributed by atoms with E-state index in [1.165, 1.54) is 4.31 Å². The fourth-order valence-electron chi connectivity index (χ4n) is 2.51. The molecular formula is C17H27N3O4S. The highest BCUT2D eigenvalue weighted by Crippen LogP contribution is 2.18. The van der Waals surface area contributed by atoms with Gasteiger partial charge in [0.05, 0.1) is 18.1 Å². The van der Waals surface area contributed by atoms with Crippen LogP contribution in [0.3, 0.4) is 0 Å². The Hall–Kier alpha value is -1.48. The third-order valence-electron chi connectivity index (χ3n) is 4.16. The van der Waals surface area contributed by atoms with Crippen LogP contribution in [-0.4, -0.2) is 57.0 Å². The molecule has 140 valence electrons. The topological polar surface area (TPSA) is 102 Å². The van der Waals surface area contributed by atoms with Crippen LogP contribution in [0, 0.1) is 0 Å². The fourth-order valence-corrected chi connectivity index (χ4v) is 3.92. The molecule has 0 spiro atoms. The quantitative estimate of drug-likeness (QED) is 0.728. The molecule has 1 aromatic rings. The van der Waals surface area contributed by atoms with Gasteiger partial charge in [0.2, 0.25) is 15.9 Å². The van der Waals surface area contributed by atoms with Crippen LogP contribution in [-0.2, 0) is 26.0 Å². The van der Waals surface area contributed by atoms with Crippen molar-refractivity contribution < 1.29 is 17.9 Å². The standard InChI is InChI=1S/C17H27N3O4S/c1-17(2,13-18)19-16(21)8-5-14-3-6-15(7-4-14)25(22,23)20-9-11-24-12-10-20/h3-4,6-7H,5,8-13,18H2,1-2H3,(H,19,21). The van der Waals surface area contributed by atoms with E-state index in [0.717, 1.165) is 5.56 Å². The van der Waals surface area contributed by atoms with Gasteiger partial charge in [-0.25, -0.2) is 8.42 Å². The van der Waals surface area contributed by atoms with E-state index in [1.54, 1.807) is 24.3 Å². The molecule has 7 nitrogen and oxygen atoms in total. The van der Waals surface area contributed by atoms with Crippen LogP contribution < -0.4 is 11.1 Å². The Morgan fingerprint density at radius 2 is 1.84 bits per heavy atom. The van der Waals surface area contributed by atoms with Gasteiger partial charge in [-0.15, -0.1) is 0 Å². The Balaban J connectivity index is 1.94. The van der Waals surface area contributed by atoms with Crippen molar-refractivity contribution in [2.75, 3.05) is 32.8 Å². The molecule has 8 heteroatoms. The zero-order chi connectivity index (χ0) is 18.5. The number of ether oxygens (including phenoxy) is 1. The predicted molar refractivity (Wildman–Crippen MR) is 95.6 cm³/mol. The van der Waals surface area contributed by atoms with Gasteiger partial charge in [0, 0.05) is 31.6 Å². The van der Waals surface area contributed by atoms with Crippen molar-refractivity contribution in [3.63, 3.8) is 0 Å². The van der Waals surface area contributed by atoms with Gasteiger partial charge in [-0.3, -0.25) is 4.79 Å². The number of sulfonamides is 1. The Bertz CT molecular complexity index is 680. The maximum absolute atomic E-state index is 12.5. The van der Waals surface area contributed by atoms with Crippen molar-refractivity contribution in [2.24, 2.45) is 5.73 Å². The number of morpholine rings is 1. The maximum atomic E-state index is 12.5. The number of nitrogens with two attached hydrogens (primary N) is 1. The van der Waals surface area contributed by atoms with E-state index in [-0.39, 0.29) is 10.8 Å². The number of benzene rings is 1. The lowest BCUT2D eigenvalue weighted by Gasteiger charge is -2.26. The number of rotatable bonds is 7. The Kier molecular flexibility index (Phi) is 6.56. The summed E-state index contributed by atoms with van der Waals surface area (Å²) < 4.78 is 31.7. The van der Waals surface area contributed by atoms with Crippen molar-refractivity contribution in [2.45, 2.75) is 37.1 Å². The molecule has 25 heavy (non-hydrogen) atoms. The monoisotopic (exact) mass is 369 g/mol. The summed E-state index contributed by atoms with van der Waals surface area (Å²) in [6, 6.07) is 6.72. The van der Waals surface area contributed by atoms with E-state index in [1.807, 2.05) is 13.8 Å². The molecule has 3 N–H and O–H groups in total. The molecule has 1 aliphatic heterocycles. The van der Waals surface area contributed by atoms with Crippen LogP contribution in [0.25, 0.3) is 0 Å². The first kappa shape index (κ1) is 19.8. The van der Waals surface area contributed by atoms with Crippen molar-refractivity contribution in [1.82, 2.24) is 9.62 Å². The van der Waals surface area contributed by atoms with Gasteiger partial charge in [-0.05, 0) is 38.0 Å². The summed E-state index contributed by atoms with van der Waals surface area (Å²) >= 11 is 0. The minimum absolute atomic E-state index is 0.0690. The SMILES string of the molecule is CC(C)(CN)NC(=O)CCc1ccc(S(=O)(=O)N2CCOCC2)cc1. The first-order chi connectivity index (χ1) is 11.7. The number of hydrogen-bond donors (Lipinski definition) is 2. The Morgan fingerprint density at radius 3 is 2.40 bits per heavy atom. The van der Waals surface area contributed by atoms with Gasteiger partial charge in [-0.2, -0.15) is 4.31 Å². The van der Waals surface area contributed by atoms with Crippen molar-refractivity contribution in [3.05, 3.63) is 29.8 Å². The normalized spacial score (nSPS) is 16.6. The second-order valence-electron chi connectivity index (χ2n) is 6.80. The number of hydrogen-bond acceptors (Lipinski definition) is 5. The second kappa shape index (κ2) is 8.27. The maximum Gasteiger partial charge on any atom is 0.243 e. The molecule has 0 aromatic heterocycles. The van der Waals surface area contributed by atoms with Crippen LogP contribution >= 0.6 is 0 Å². The molecule has 1 amide bonds. The summed E-state index contributed by atoms with van der Waals surface area (Å²) in [5.74, 6) is -0.0690. The lowest BCUT2D eigenvalue weighted by molar-refractivity contribution is -0.122. The van der Waals surface area contributed by atoms with Crippen LogP contribution in [0.15, 0.2) is 29.2 Å². The molecule has 1 aliphatic rings. The van der Waals surface area contributed by atoms with E-state index >= 15 is 0 Å². The minimum Gasteiger partial charge on any atom is -0.379 e. The molecule has 1 aromatic carbocycles. The lowest BCUT2D eigenvalue weighted by Crippen LogP contribution is -2.48. The zero-order valence-corrected chi connectivity index (χ0v) is 15.6. The number of aryl methyl sites for hydroxylation is 1. The smallest absolute Gasteiger partial charge is 0.243 e. The van der Waals surface area contributed by atoms with E-state index in [4.69, 9.17) is 10.5 Å². The highest BCUT2D eigenvalue weighted by atomic mass is 32.2. The van der Waals surface area contributed by atoms with Gasteiger partial charge >= 0.3 is 0 Å². The van der Waals surface area contributed by atoms with E-state index < -0.39 is 15.6 Å². The summed E-state index contributed by atoms with van der Waals surface area (Å²) in [5, 5.41) is 2.88. The average Bonchev–Trinajstić information content (AvgIpc) is 2.61.